The number of hydrogen-bond donors (Lipinski definition) is 0. The Hall–Kier alpha value is -2.69. The van der Waals surface area contributed by atoms with Crippen LogP contribution in [-0.2, 0) is 6.42 Å². The lowest BCUT2D eigenvalue weighted by Gasteiger charge is -2.10. The van der Waals surface area contributed by atoms with Crippen molar-refractivity contribution in [1.82, 2.24) is 9.66 Å². The average molecular weight is 474 g/mol. The Morgan fingerprint density at radius 2 is 2.17 bits per heavy atom. The van der Waals surface area contributed by atoms with E-state index in [4.69, 9.17) is 21.6 Å². The molecular formula is C21H18BrClN4O2. The Morgan fingerprint density at radius 3 is 2.93 bits per heavy atom. The van der Waals surface area contributed by atoms with Gasteiger partial charge in [0, 0.05) is 21.5 Å². The third-order valence-corrected chi connectivity index (χ3v) is 4.93. The van der Waals surface area contributed by atoms with Crippen molar-refractivity contribution in [2.24, 2.45) is 5.10 Å². The van der Waals surface area contributed by atoms with Gasteiger partial charge in [-0.15, -0.1) is 0 Å². The fourth-order valence-electron chi connectivity index (χ4n) is 2.79. The van der Waals surface area contributed by atoms with Crippen molar-refractivity contribution in [3.63, 3.8) is 0 Å². The van der Waals surface area contributed by atoms with Gasteiger partial charge in [-0.2, -0.15) is 15.0 Å². The standard InChI is InChI=1S/C21H18BrClN4O2/c1-2-3-4-20-26-18-7-5-15(22)12-17(18)21(28)27(20)25-13-14-11-16(23)6-8-19(14)29-10-9-24/h5-8,11-13H,2-4,10H2,1H3. The summed E-state index contributed by atoms with van der Waals surface area (Å²) in [5.74, 6) is 1.05. The van der Waals surface area contributed by atoms with E-state index in [-0.39, 0.29) is 12.2 Å². The number of rotatable bonds is 7. The van der Waals surface area contributed by atoms with E-state index < -0.39 is 0 Å². The van der Waals surface area contributed by atoms with Crippen LogP contribution >= 0.6 is 27.5 Å². The predicted octanol–water partition coefficient (Wildman–Crippen LogP) is 4.94. The van der Waals surface area contributed by atoms with Crippen LogP contribution in [0, 0.1) is 11.3 Å². The van der Waals surface area contributed by atoms with Crippen molar-refractivity contribution in [2.45, 2.75) is 26.2 Å². The minimum atomic E-state index is -0.250. The Morgan fingerprint density at radius 1 is 1.34 bits per heavy atom. The molecule has 3 aromatic rings. The number of nitriles is 1. The molecule has 3 rings (SSSR count). The van der Waals surface area contributed by atoms with E-state index in [9.17, 15) is 4.79 Å². The quantitative estimate of drug-likeness (QED) is 0.455. The van der Waals surface area contributed by atoms with Crippen molar-refractivity contribution in [3.8, 4) is 11.8 Å². The van der Waals surface area contributed by atoms with Gasteiger partial charge in [-0.25, -0.2) is 4.98 Å². The molecule has 0 fully saturated rings. The first-order valence-electron chi connectivity index (χ1n) is 9.08. The highest BCUT2D eigenvalue weighted by atomic mass is 79.9. The largest absolute Gasteiger partial charge is 0.478 e. The van der Waals surface area contributed by atoms with Crippen LogP contribution in [0.15, 0.2) is 50.8 Å². The van der Waals surface area contributed by atoms with Gasteiger partial charge in [0.05, 0.1) is 17.1 Å². The summed E-state index contributed by atoms with van der Waals surface area (Å²) >= 11 is 9.49. The molecule has 6 nitrogen and oxygen atoms in total. The van der Waals surface area contributed by atoms with Crippen LogP contribution < -0.4 is 10.3 Å². The van der Waals surface area contributed by atoms with E-state index in [2.05, 4.69) is 32.9 Å². The van der Waals surface area contributed by atoms with Crippen LogP contribution in [0.2, 0.25) is 5.02 Å². The van der Waals surface area contributed by atoms with E-state index >= 15 is 0 Å². The molecule has 29 heavy (non-hydrogen) atoms. The maximum atomic E-state index is 13.1. The first-order valence-corrected chi connectivity index (χ1v) is 10.3. The van der Waals surface area contributed by atoms with Crippen molar-refractivity contribution in [3.05, 3.63) is 67.6 Å². The first-order chi connectivity index (χ1) is 14.0. The highest BCUT2D eigenvalue weighted by Crippen LogP contribution is 2.22. The number of halogens is 2. The summed E-state index contributed by atoms with van der Waals surface area (Å²) in [4.78, 5) is 17.7. The van der Waals surface area contributed by atoms with Crippen molar-refractivity contribution >= 4 is 44.6 Å². The lowest BCUT2D eigenvalue weighted by Crippen LogP contribution is -2.22. The van der Waals surface area contributed by atoms with Gasteiger partial charge in [-0.05, 0) is 42.8 Å². The fourth-order valence-corrected chi connectivity index (χ4v) is 3.33. The summed E-state index contributed by atoms with van der Waals surface area (Å²) in [6.07, 6.45) is 3.99. The number of aryl methyl sites for hydroxylation is 1. The zero-order valence-electron chi connectivity index (χ0n) is 15.7. The lowest BCUT2D eigenvalue weighted by molar-refractivity contribution is 0.367. The second-order valence-corrected chi connectivity index (χ2v) is 7.64. The van der Waals surface area contributed by atoms with Gasteiger partial charge < -0.3 is 4.74 Å². The zero-order valence-corrected chi connectivity index (χ0v) is 18.1. The molecule has 0 aliphatic carbocycles. The third kappa shape index (κ3) is 5.03. The highest BCUT2D eigenvalue weighted by Gasteiger charge is 2.11. The summed E-state index contributed by atoms with van der Waals surface area (Å²) in [6.45, 7) is 1.98. The van der Waals surface area contributed by atoms with Crippen molar-refractivity contribution in [2.75, 3.05) is 6.61 Å². The number of fused-ring (bicyclic) bond motifs is 1. The fraction of sp³-hybridized carbons (Fsp3) is 0.238. The number of benzene rings is 2. The molecule has 0 spiro atoms. The second-order valence-electron chi connectivity index (χ2n) is 6.28. The molecule has 2 aromatic carbocycles. The Kier molecular flexibility index (Phi) is 7.02. The third-order valence-electron chi connectivity index (χ3n) is 4.21. The molecular weight excluding hydrogens is 456 g/mol. The zero-order chi connectivity index (χ0) is 20.8. The van der Waals surface area contributed by atoms with Gasteiger partial charge in [0.25, 0.3) is 5.56 Å². The molecule has 0 N–H and O–H groups in total. The summed E-state index contributed by atoms with van der Waals surface area (Å²) in [6, 6.07) is 12.3. The number of unbranched alkanes of at least 4 members (excludes halogenated alkanes) is 1. The molecule has 8 heteroatoms. The van der Waals surface area contributed by atoms with Crippen LogP contribution in [0.4, 0.5) is 0 Å². The first kappa shape index (κ1) is 21.0. The molecule has 148 valence electrons. The van der Waals surface area contributed by atoms with Gasteiger partial charge in [-0.1, -0.05) is 40.9 Å². The molecule has 0 amide bonds. The Labute approximate surface area is 181 Å². The predicted molar refractivity (Wildman–Crippen MR) is 118 cm³/mol. The van der Waals surface area contributed by atoms with E-state index in [1.165, 1.54) is 10.9 Å². The van der Waals surface area contributed by atoms with E-state index in [0.717, 1.165) is 17.3 Å². The molecule has 0 atom stereocenters. The number of nitrogens with zero attached hydrogens (tertiary/aromatic N) is 4. The van der Waals surface area contributed by atoms with E-state index in [0.29, 0.717) is 39.5 Å². The molecule has 0 radical (unpaired) electrons. The number of hydrogen-bond acceptors (Lipinski definition) is 5. The van der Waals surface area contributed by atoms with Gasteiger partial charge >= 0.3 is 0 Å². The monoisotopic (exact) mass is 472 g/mol. The van der Waals surface area contributed by atoms with Crippen LogP contribution in [-0.4, -0.2) is 22.5 Å². The molecule has 1 heterocycles. The Bertz CT molecular complexity index is 1170. The molecule has 1 aromatic heterocycles. The van der Waals surface area contributed by atoms with E-state index in [1.807, 2.05) is 18.2 Å². The summed E-state index contributed by atoms with van der Waals surface area (Å²) in [7, 11) is 0. The second kappa shape index (κ2) is 9.68. The molecule has 0 saturated heterocycles. The Balaban J connectivity index is 2.11. The highest BCUT2D eigenvalue weighted by molar-refractivity contribution is 9.10. The van der Waals surface area contributed by atoms with Gasteiger partial charge in [0.2, 0.25) is 0 Å². The molecule has 0 aliphatic rings. The molecule has 0 bridgehead atoms. The summed E-state index contributed by atoms with van der Waals surface area (Å²) < 4.78 is 7.53. The maximum Gasteiger partial charge on any atom is 0.282 e. The smallest absolute Gasteiger partial charge is 0.282 e. The number of ether oxygens (including phenoxy) is 1. The van der Waals surface area contributed by atoms with Gasteiger partial charge in [0.15, 0.2) is 6.61 Å². The van der Waals surface area contributed by atoms with Crippen LogP contribution in [0.25, 0.3) is 10.9 Å². The molecule has 0 aliphatic heterocycles. The average Bonchev–Trinajstić information content (AvgIpc) is 2.71. The summed E-state index contributed by atoms with van der Waals surface area (Å²) in [5, 5.41) is 14.1. The SMILES string of the molecule is CCCCc1nc2ccc(Br)cc2c(=O)n1N=Cc1cc(Cl)ccc1OCC#N. The van der Waals surface area contributed by atoms with Crippen LogP contribution in [0.3, 0.4) is 0 Å². The van der Waals surface area contributed by atoms with E-state index in [1.54, 1.807) is 24.3 Å². The minimum Gasteiger partial charge on any atom is -0.478 e. The van der Waals surface area contributed by atoms with Crippen molar-refractivity contribution < 1.29 is 4.74 Å². The topological polar surface area (TPSA) is 80.3 Å². The van der Waals surface area contributed by atoms with Gasteiger partial charge in [-0.3, -0.25) is 4.79 Å². The molecule has 0 unspecified atom stereocenters. The maximum absolute atomic E-state index is 13.1. The number of aromatic nitrogens is 2. The van der Waals surface area contributed by atoms with Crippen LogP contribution in [0.1, 0.15) is 31.2 Å². The lowest BCUT2D eigenvalue weighted by atomic mass is 10.2. The summed E-state index contributed by atoms with van der Waals surface area (Å²) in [5.41, 5.74) is 0.951. The van der Waals surface area contributed by atoms with Crippen molar-refractivity contribution in [1.29, 1.82) is 5.26 Å². The van der Waals surface area contributed by atoms with Crippen LogP contribution in [0.5, 0.6) is 5.75 Å². The van der Waals surface area contributed by atoms with Gasteiger partial charge in [0.1, 0.15) is 17.6 Å². The minimum absolute atomic E-state index is 0.101. The normalized spacial score (nSPS) is 11.1. The molecule has 0 saturated carbocycles.